The molecule has 2 amide bonds. The topological polar surface area (TPSA) is 82.9 Å². The Morgan fingerprint density at radius 3 is 2.44 bits per heavy atom. The molecule has 1 spiro atoms. The van der Waals surface area contributed by atoms with E-state index in [1.807, 2.05) is 0 Å². The molecule has 0 unspecified atom stereocenters. The van der Waals surface area contributed by atoms with Gasteiger partial charge >= 0.3 is 0 Å². The van der Waals surface area contributed by atoms with Gasteiger partial charge in [-0.05, 0) is 44.9 Å². The van der Waals surface area contributed by atoms with Crippen molar-refractivity contribution in [3.8, 4) is 6.07 Å². The Balaban J connectivity index is 1.48. The summed E-state index contributed by atoms with van der Waals surface area (Å²) in [7, 11) is 0. The number of carbonyl (C=O) groups is 2. The van der Waals surface area contributed by atoms with Crippen LogP contribution in [0.4, 0.5) is 0 Å². The van der Waals surface area contributed by atoms with Crippen molar-refractivity contribution in [3.05, 3.63) is 0 Å². The summed E-state index contributed by atoms with van der Waals surface area (Å²) in [6.07, 6.45) is 5.27. The zero-order chi connectivity index (χ0) is 18.9. The molecular weight excluding hydrogens is 346 g/mol. The summed E-state index contributed by atoms with van der Waals surface area (Å²) in [4.78, 5) is 30.4. The average Bonchev–Trinajstić information content (AvgIpc) is 3.15. The molecule has 7 heteroatoms. The largest absolute Gasteiger partial charge is 0.381 e. The molecule has 148 valence electrons. The molecule has 0 aromatic heterocycles. The van der Waals surface area contributed by atoms with Gasteiger partial charge in [0.25, 0.3) is 0 Å². The summed E-state index contributed by atoms with van der Waals surface area (Å²) in [6.45, 7) is 4.21. The van der Waals surface area contributed by atoms with E-state index in [-0.39, 0.29) is 17.9 Å². The predicted octanol–water partition coefficient (Wildman–Crippen LogP) is 1.33. The number of likely N-dealkylation sites (tertiary alicyclic amines) is 2. The van der Waals surface area contributed by atoms with Crippen LogP contribution in [0.3, 0.4) is 0 Å². The molecule has 4 aliphatic rings. The van der Waals surface area contributed by atoms with Gasteiger partial charge in [0, 0.05) is 52.1 Å². The monoisotopic (exact) mass is 375 g/mol. The highest BCUT2D eigenvalue weighted by Crippen LogP contribution is 2.43. The Kier molecular flexibility index (Phi) is 5.13. The van der Waals surface area contributed by atoms with E-state index in [0.717, 1.165) is 51.9 Å². The Morgan fingerprint density at radius 1 is 1.04 bits per heavy atom. The lowest BCUT2D eigenvalue weighted by Crippen LogP contribution is -2.55. The number of nitriles is 1. The quantitative estimate of drug-likeness (QED) is 0.727. The Labute approximate surface area is 160 Å². The van der Waals surface area contributed by atoms with E-state index in [9.17, 15) is 14.9 Å². The molecular formula is C20H29N3O4. The maximum absolute atomic E-state index is 13.4. The summed E-state index contributed by atoms with van der Waals surface area (Å²) in [5.41, 5.74) is -1.42. The first kappa shape index (κ1) is 18.7. The van der Waals surface area contributed by atoms with Gasteiger partial charge in [0.15, 0.2) is 0 Å². The minimum absolute atomic E-state index is 0.0961. The molecule has 0 saturated carbocycles. The minimum Gasteiger partial charge on any atom is -0.381 e. The third-order valence-corrected chi connectivity index (χ3v) is 7.01. The molecule has 0 radical (unpaired) electrons. The van der Waals surface area contributed by atoms with Gasteiger partial charge in [0.1, 0.15) is 5.41 Å². The Morgan fingerprint density at radius 2 is 1.74 bits per heavy atom. The molecule has 0 aliphatic carbocycles. The van der Waals surface area contributed by atoms with E-state index < -0.39 is 10.8 Å². The molecule has 0 aromatic carbocycles. The lowest BCUT2D eigenvalue weighted by Gasteiger charge is -2.44. The van der Waals surface area contributed by atoms with Crippen LogP contribution < -0.4 is 0 Å². The summed E-state index contributed by atoms with van der Waals surface area (Å²) in [5.74, 6) is 0.120. The SMILES string of the molecule is N#CC1(C(=O)N2CC[C@@]3(CCCN(C4CCOCC4)C3=O)C2)CCOCC1. The number of ether oxygens (including phenoxy) is 2. The second-order valence-electron chi connectivity index (χ2n) is 8.51. The van der Waals surface area contributed by atoms with E-state index in [0.29, 0.717) is 39.1 Å². The number of amides is 2. The van der Waals surface area contributed by atoms with Crippen molar-refractivity contribution in [2.24, 2.45) is 10.8 Å². The number of rotatable bonds is 2. The molecule has 4 saturated heterocycles. The number of nitrogens with zero attached hydrogens (tertiary/aromatic N) is 3. The van der Waals surface area contributed by atoms with Crippen LogP contribution >= 0.6 is 0 Å². The normalized spacial score (nSPS) is 31.9. The van der Waals surface area contributed by atoms with Gasteiger partial charge in [-0.1, -0.05) is 0 Å². The van der Waals surface area contributed by atoms with Gasteiger partial charge < -0.3 is 19.3 Å². The fraction of sp³-hybridized carbons (Fsp3) is 0.850. The van der Waals surface area contributed by atoms with Crippen LogP contribution in [0.1, 0.15) is 44.9 Å². The predicted molar refractivity (Wildman–Crippen MR) is 96.5 cm³/mol. The zero-order valence-corrected chi connectivity index (χ0v) is 16.0. The van der Waals surface area contributed by atoms with Gasteiger partial charge in [-0.25, -0.2) is 0 Å². The van der Waals surface area contributed by atoms with E-state index in [1.54, 1.807) is 4.90 Å². The van der Waals surface area contributed by atoms with Gasteiger partial charge in [-0.15, -0.1) is 0 Å². The summed E-state index contributed by atoms with van der Waals surface area (Å²) >= 11 is 0. The maximum atomic E-state index is 13.4. The van der Waals surface area contributed by atoms with Crippen molar-refractivity contribution < 1.29 is 19.1 Å². The van der Waals surface area contributed by atoms with Crippen LogP contribution in [0.25, 0.3) is 0 Å². The van der Waals surface area contributed by atoms with Crippen LogP contribution in [-0.2, 0) is 19.1 Å². The molecule has 0 N–H and O–H groups in total. The smallest absolute Gasteiger partial charge is 0.243 e. The van der Waals surface area contributed by atoms with Crippen LogP contribution in [0.5, 0.6) is 0 Å². The molecule has 4 aliphatic heterocycles. The molecule has 4 heterocycles. The first-order valence-electron chi connectivity index (χ1n) is 10.3. The highest BCUT2D eigenvalue weighted by molar-refractivity contribution is 5.89. The average molecular weight is 375 g/mol. The summed E-state index contributed by atoms with van der Waals surface area (Å²) in [5, 5.41) is 9.70. The van der Waals surface area contributed by atoms with Gasteiger partial charge in [-0.2, -0.15) is 5.26 Å². The highest BCUT2D eigenvalue weighted by atomic mass is 16.5. The van der Waals surface area contributed by atoms with Crippen molar-refractivity contribution in [2.75, 3.05) is 46.1 Å². The second-order valence-corrected chi connectivity index (χ2v) is 8.51. The van der Waals surface area contributed by atoms with E-state index in [1.165, 1.54) is 0 Å². The molecule has 0 aromatic rings. The first-order valence-corrected chi connectivity index (χ1v) is 10.3. The van der Waals surface area contributed by atoms with Gasteiger partial charge in [-0.3, -0.25) is 9.59 Å². The van der Waals surface area contributed by atoms with Crippen LogP contribution in [0.15, 0.2) is 0 Å². The van der Waals surface area contributed by atoms with Crippen LogP contribution in [0.2, 0.25) is 0 Å². The van der Waals surface area contributed by atoms with Crippen molar-refractivity contribution in [1.82, 2.24) is 9.80 Å². The van der Waals surface area contributed by atoms with E-state index in [4.69, 9.17) is 9.47 Å². The third-order valence-electron chi connectivity index (χ3n) is 7.01. The van der Waals surface area contributed by atoms with Crippen molar-refractivity contribution >= 4 is 11.8 Å². The lowest BCUT2D eigenvalue weighted by atomic mass is 9.77. The van der Waals surface area contributed by atoms with Crippen LogP contribution in [-0.4, -0.2) is 73.7 Å². The Hall–Kier alpha value is -1.65. The first-order chi connectivity index (χ1) is 13.1. The number of hydrogen-bond acceptors (Lipinski definition) is 5. The fourth-order valence-electron chi connectivity index (χ4n) is 5.27. The van der Waals surface area contributed by atoms with E-state index in [2.05, 4.69) is 11.0 Å². The maximum Gasteiger partial charge on any atom is 0.243 e. The fourth-order valence-corrected chi connectivity index (χ4v) is 5.27. The van der Waals surface area contributed by atoms with Crippen molar-refractivity contribution in [2.45, 2.75) is 51.0 Å². The minimum atomic E-state index is -0.970. The third kappa shape index (κ3) is 3.23. The van der Waals surface area contributed by atoms with E-state index >= 15 is 0 Å². The second kappa shape index (κ2) is 7.40. The molecule has 7 nitrogen and oxygen atoms in total. The number of piperidine rings is 1. The Bertz CT molecular complexity index is 634. The summed E-state index contributed by atoms with van der Waals surface area (Å²) in [6, 6.07) is 2.55. The zero-order valence-electron chi connectivity index (χ0n) is 16.0. The van der Waals surface area contributed by atoms with Gasteiger partial charge in [0.05, 0.1) is 11.5 Å². The molecule has 0 bridgehead atoms. The lowest BCUT2D eigenvalue weighted by molar-refractivity contribution is -0.151. The number of carbonyl (C=O) groups excluding carboxylic acids is 2. The molecule has 4 rings (SSSR count). The number of hydrogen-bond donors (Lipinski definition) is 0. The molecule has 27 heavy (non-hydrogen) atoms. The molecule has 4 fully saturated rings. The highest BCUT2D eigenvalue weighted by Gasteiger charge is 2.53. The van der Waals surface area contributed by atoms with Gasteiger partial charge in [0.2, 0.25) is 11.8 Å². The summed E-state index contributed by atoms with van der Waals surface area (Å²) < 4.78 is 10.8. The van der Waals surface area contributed by atoms with Crippen molar-refractivity contribution in [1.29, 1.82) is 5.26 Å². The molecule has 1 atom stereocenters. The van der Waals surface area contributed by atoms with Crippen molar-refractivity contribution in [3.63, 3.8) is 0 Å². The van der Waals surface area contributed by atoms with Crippen LogP contribution in [0, 0.1) is 22.2 Å². The standard InChI is InChI=1S/C20H29N3O4/c21-14-19(6-12-27-13-7-19)17(24)22-9-5-20(15-22)4-1-8-23(18(20)25)16-2-10-26-11-3-16/h16H,1-13,15H2/t20-/m0/s1.